The average molecular weight is 403 g/mol. The van der Waals surface area contributed by atoms with E-state index in [1.54, 1.807) is 11.8 Å². The van der Waals surface area contributed by atoms with E-state index in [1.807, 2.05) is 49.4 Å². The summed E-state index contributed by atoms with van der Waals surface area (Å²) < 4.78 is 29.3. The molecule has 2 atom stereocenters. The molecule has 7 heteroatoms. The van der Waals surface area contributed by atoms with Gasteiger partial charge in [0.2, 0.25) is 0 Å². The van der Waals surface area contributed by atoms with Crippen LogP contribution in [0.5, 0.6) is 5.75 Å². The van der Waals surface area contributed by atoms with Crippen LogP contribution in [0, 0.1) is 0 Å². The van der Waals surface area contributed by atoms with E-state index >= 15 is 0 Å². The number of hydrogen-bond acceptors (Lipinski definition) is 6. The van der Waals surface area contributed by atoms with Crippen LogP contribution in [0.2, 0.25) is 0 Å². The zero-order valence-corrected chi connectivity index (χ0v) is 16.7. The van der Waals surface area contributed by atoms with E-state index in [4.69, 9.17) is 9.73 Å². The van der Waals surface area contributed by atoms with E-state index in [2.05, 4.69) is 17.0 Å². The van der Waals surface area contributed by atoms with Crippen molar-refractivity contribution < 1.29 is 13.2 Å². The summed E-state index contributed by atoms with van der Waals surface area (Å²) in [6.45, 7) is 3.28. The molecule has 0 N–H and O–H groups in total. The molecule has 2 aromatic rings. The molecule has 5 nitrogen and oxygen atoms in total. The Kier molecular flexibility index (Phi) is 5.14. The Hall–Kier alpha value is -1.99. The summed E-state index contributed by atoms with van der Waals surface area (Å²) in [6, 6.07) is 18.1. The number of anilines is 1. The van der Waals surface area contributed by atoms with Gasteiger partial charge in [-0.3, -0.25) is 4.99 Å². The molecule has 2 aliphatic rings. The number of thioether (sulfide) groups is 1. The Morgan fingerprint density at radius 1 is 1.11 bits per heavy atom. The fraction of sp³-hybridized carbons (Fsp3) is 0.350. The third kappa shape index (κ3) is 4.14. The molecule has 1 fully saturated rings. The lowest BCUT2D eigenvalue weighted by atomic mass is 10.2. The maximum atomic E-state index is 11.9. The van der Waals surface area contributed by atoms with Gasteiger partial charge in [0.15, 0.2) is 15.0 Å². The number of aliphatic imine (C=N–C) groups is 1. The van der Waals surface area contributed by atoms with Crippen LogP contribution in [0.15, 0.2) is 59.6 Å². The predicted octanol–water partition coefficient (Wildman–Crippen LogP) is 3.36. The average Bonchev–Trinajstić information content (AvgIpc) is 3.15. The van der Waals surface area contributed by atoms with Crippen LogP contribution in [0.4, 0.5) is 5.69 Å². The summed E-state index contributed by atoms with van der Waals surface area (Å²) in [6.07, 6.45) is 0. The number of ether oxygens (including phenoxy) is 1. The van der Waals surface area contributed by atoms with Crippen LogP contribution >= 0.6 is 11.8 Å². The number of fused-ring (bicyclic) bond motifs is 1. The van der Waals surface area contributed by atoms with Gasteiger partial charge in [-0.05, 0) is 36.8 Å². The van der Waals surface area contributed by atoms with Gasteiger partial charge in [-0.25, -0.2) is 8.42 Å². The molecule has 0 bridgehead atoms. The van der Waals surface area contributed by atoms with Crippen LogP contribution in [0.25, 0.3) is 0 Å². The minimum Gasteiger partial charge on any atom is -0.494 e. The van der Waals surface area contributed by atoms with Gasteiger partial charge in [-0.1, -0.05) is 42.1 Å². The SMILES string of the molecule is CCOc1ccc(N(Cc2ccccc2)C2=N[C@@H]3CS(=O)(=O)C[C@@H]3S2)cc1. The molecule has 0 amide bonds. The molecular weight excluding hydrogens is 380 g/mol. The molecule has 4 rings (SSSR count). The molecule has 0 aliphatic carbocycles. The van der Waals surface area contributed by atoms with Gasteiger partial charge in [0.25, 0.3) is 0 Å². The normalized spacial score (nSPS) is 22.9. The smallest absolute Gasteiger partial charge is 0.164 e. The predicted molar refractivity (Wildman–Crippen MR) is 111 cm³/mol. The zero-order chi connectivity index (χ0) is 18.9. The standard InChI is InChI=1S/C20H22N2O3S2/c1-2-25-17-10-8-16(9-11-17)22(12-15-6-4-3-5-7-15)20-21-18-13-27(23,24)14-19(18)26-20/h3-11,18-19H,2,12-14H2,1H3/t18-,19+/m1/s1. The molecule has 0 aromatic heterocycles. The maximum absolute atomic E-state index is 11.9. The van der Waals surface area contributed by atoms with Crippen molar-refractivity contribution in [3.63, 3.8) is 0 Å². The third-order valence-electron chi connectivity index (χ3n) is 4.68. The Morgan fingerprint density at radius 2 is 1.85 bits per heavy atom. The lowest BCUT2D eigenvalue weighted by Gasteiger charge is -2.25. The summed E-state index contributed by atoms with van der Waals surface area (Å²) >= 11 is 1.59. The molecule has 2 heterocycles. The highest BCUT2D eigenvalue weighted by Crippen LogP contribution is 2.37. The van der Waals surface area contributed by atoms with Crippen molar-refractivity contribution in [1.29, 1.82) is 0 Å². The summed E-state index contributed by atoms with van der Waals surface area (Å²) in [5.41, 5.74) is 2.20. The Labute approximate surface area is 164 Å². The van der Waals surface area contributed by atoms with Crippen molar-refractivity contribution in [2.45, 2.75) is 24.8 Å². The van der Waals surface area contributed by atoms with Crippen LogP contribution in [-0.2, 0) is 16.4 Å². The first-order valence-electron chi connectivity index (χ1n) is 9.03. The van der Waals surface area contributed by atoms with Gasteiger partial charge in [0.1, 0.15) is 5.75 Å². The maximum Gasteiger partial charge on any atom is 0.164 e. The molecule has 27 heavy (non-hydrogen) atoms. The van der Waals surface area contributed by atoms with E-state index in [1.165, 1.54) is 5.56 Å². The second-order valence-corrected chi connectivity index (χ2v) is 10.1. The van der Waals surface area contributed by atoms with E-state index < -0.39 is 9.84 Å². The van der Waals surface area contributed by atoms with Gasteiger partial charge in [-0.2, -0.15) is 0 Å². The van der Waals surface area contributed by atoms with Gasteiger partial charge < -0.3 is 9.64 Å². The van der Waals surface area contributed by atoms with E-state index in [0.29, 0.717) is 13.2 Å². The van der Waals surface area contributed by atoms with Gasteiger partial charge in [-0.15, -0.1) is 0 Å². The third-order valence-corrected chi connectivity index (χ3v) is 7.93. The minimum absolute atomic E-state index is 0.0333. The van der Waals surface area contributed by atoms with Crippen molar-refractivity contribution in [2.24, 2.45) is 4.99 Å². The van der Waals surface area contributed by atoms with Crippen molar-refractivity contribution in [1.82, 2.24) is 0 Å². The highest BCUT2D eigenvalue weighted by molar-refractivity contribution is 8.15. The molecule has 0 radical (unpaired) electrons. The Bertz CT molecular complexity index is 927. The Morgan fingerprint density at radius 3 is 2.52 bits per heavy atom. The molecule has 1 saturated heterocycles. The highest BCUT2D eigenvalue weighted by Gasteiger charge is 2.43. The van der Waals surface area contributed by atoms with Crippen LogP contribution in [0.1, 0.15) is 12.5 Å². The van der Waals surface area contributed by atoms with E-state index in [9.17, 15) is 8.42 Å². The number of amidine groups is 1. The lowest BCUT2D eigenvalue weighted by molar-refractivity contribution is 0.340. The number of nitrogens with zero attached hydrogens (tertiary/aromatic N) is 2. The second-order valence-electron chi connectivity index (χ2n) is 6.71. The van der Waals surface area contributed by atoms with Crippen molar-refractivity contribution in [3.05, 3.63) is 60.2 Å². The number of sulfone groups is 1. The Balaban J connectivity index is 1.62. The van der Waals surface area contributed by atoms with Crippen molar-refractivity contribution in [3.8, 4) is 5.75 Å². The topological polar surface area (TPSA) is 59.0 Å². The van der Waals surface area contributed by atoms with Crippen LogP contribution in [-0.4, -0.2) is 43.0 Å². The van der Waals surface area contributed by atoms with Crippen LogP contribution in [0.3, 0.4) is 0 Å². The largest absolute Gasteiger partial charge is 0.494 e. The summed E-state index contributed by atoms with van der Waals surface area (Å²) in [5, 5.41) is 0.930. The number of hydrogen-bond donors (Lipinski definition) is 0. The van der Waals surface area contributed by atoms with Crippen LogP contribution < -0.4 is 9.64 Å². The molecule has 2 aromatic carbocycles. The number of rotatable bonds is 5. The van der Waals surface area contributed by atoms with Gasteiger partial charge in [0.05, 0.1) is 30.7 Å². The zero-order valence-electron chi connectivity index (χ0n) is 15.1. The van der Waals surface area contributed by atoms with Gasteiger partial charge >= 0.3 is 0 Å². The van der Waals surface area contributed by atoms with Crippen molar-refractivity contribution in [2.75, 3.05) is 23.0 Å². The number of benzene rings is 2. The summed E-state index contributed by atoms with van der Waals surface area (Å²) in [5.74, 6) is 1.22. The monoisotopic (exact) mass is 402 g/mol. The first-order valence-corrected chi connectivity index (χ1v) is 11.7. The van der Waals surface area contributed by atoms with Gasteiger partial charge in [0, 0.05) is 10.9 Å². The highest BCUT2D eigenvalue weighted by atomic mass is 32.2. The molecule has 142 valence electrons. The summed E-state index contributed by atoms with van der Waals surface area (Å²) in [4.78, 5) is 6.94. The fourth-order valence-corrected chi connectivity index (χ4v) is 7.18. The molecule has 0 unspecified atom stereocenters. The molecule has 0 spiro atoms. The second kappa shape index (κ2) is 7.56. The molecule has 0 saturated carbocycles. The lowest BCUT2D eigenvalue weighted by Crippen LogP contribution is -2.28. The summed E-state index contributed by atoms with van der Waals surface area (Å²) in [7, 11) is -2.95. The first-order chi connectivity index (χ1) is 13.0. The fourth-order valence-electron chi connectivity index (χ4n) is 3.40. The van der Waals surface area contributed by atoms with E-state index in [-0.39, 0.29) is 22.8 Å². The first kappa shape index (κ1) is 18.4. The van der Waals surface area contributed by atoms with E-state index in [0.717, 1.165) is 16.6 Å². The quantitative estimate of drug-likeness (QED) is 0.768. The molecule has 2 aliphatic heterocycles. The van der Waals surface area contributed by atoms with Crippen molar-refractivity contribution >= 4 is 32.5 Å². The molecular formula is C20H22N2O3S2. The minimum atomic E-state index is -2.95.